The summed E-state index contributed by atoms with van der Waals surface area (Å²) >= 11 is 4.96. The molecule has 0 aliphatic carbocycles. The molecule has 1 N–H and O–H groups in total. The fourth-order valence-corrected chi connectivity index (χ4v) is 4.05. The first-order valence-corrected chi connectivity index (χ1v) is 9.98. The van der Waals surface area contributed by atoms with Crippen LogP contribution in [0.3, 0.4) is 0 Å². The van der Waals surface area contributed by atoms with Crippen molar-refractivity contribution in [1.29, 1.82) is 0 Å². The number of halogens is 1. The summed E-state index contributed by atoms with van der Waals surface area (Å²) in [6, 6.07) is 9.47. The number of nitrogens with one attached hydrogen (secondary N) is 1. The van der Waals surface area contributed by atoms with Crippen LogP contribution in [0.1, 0.15) is 33.3 Å². The maximum atomic E-state index is 12.5. The molecule has 0 fully saturated rings. The molecule has 0 unspecified atom stereocenters. The largest absolute Gasteiger partial charge is 0.454 e. The zero-order valence-electron chi connectivity index (χ0n) is 15.0. The zero-order chi connectivity index (χ0) is 19.1. The summed E-state index contributed by atoms with van der Waals surface area (Å²) in [5.41, 5.74) is 3.97. The highest BCUT2D eigenvalue weighted by Crippen LogP contribution is 2.27. The van der Waals surface area contributed by atoms with Gasteiger partial charge in [-0.15, -0.1) is 0 Å². The van der Waals surface area contributed by atoms with Crippen molar-refractivity contribution in [3.8, 4) is 0 Å². The highest BCUT2D eigenvalue weighted by molar-refractivity contribution is 9.10. The highest BCUT2D eigenvalue weighted by atomic mass is 79.9. The number of hydrogen-bond acceptors (Lipinski definition) is 5. The molecular weight excluding hydrogens is 428 g/mol. The Labute approximate surface area is 168 Å². The smallest absolute Gasteiger partial charge is 0.293 e. The molecule has 1 amide bonds. The average molecular weight is 445 g/mol. The summed E-state index contributed by atoms with van der Waals surface area (Å²) in [7, 11) is 0. The monoisotopic (exact) mass is 444 g/mol. The van der Waals surface area contributed by atoms with Gasteiger partial charge in [0.2, 0.25) is 0 Å². The maximum absolute atomic E-state index is 12.5. The lowest BCUT2D eigenvalue weighted by atomic mass is 10.2. The van der Waals surface area contributed by atoms with E-state index in [0.717, 1.165) is 31.6 Å². The van der Waals surface area contributed by atoms with Crippen molar-refractivity contribution in [1.82, 2.24) is 14.8 Å². The van der Waals surface area contributed by atoms with Crippen molar-refractivity contribution >= 4 is 48.5 Å². The summed E-state index contributed by atoms with van der Waals surface area (Å²) in [5, 5.41) is 7.83. The Balaban J connectivity index is 1.50. The standard InChI is InChI=1S/C19H17BrN4O2S/c1-10-4-6-14-16(8-10)27-19(21-14)22-18(25)15-7-5-13(26-15)9-24-12(3)17(20)11(2)23-24/h4-8H,9H2,1-3H3,(H,21,22,25). The van der Waals surface area contributed by atoms with Gasteiger partial charge in [-0.25, -0.2) is 4.98 Å². The molecule has 0 spiro atoms. The minimum atomic E-state index is -0.313. The van der Waals surface area contributed by atoms with Gasteiger partial charge < -0.3 is 4.42 Å². The number of aromatic nitrogens is 3. The molecule has 4 aromatic rings. The lowest BCUT2D eigenvalue weighted by Gasteiger charge is -2.02. The van der Waals surface area contributed by atoms with Crippen molar-refractivity contribution in [3.63, 3.8) is 0 Å². The minimum absolute atomic E-state index is 0.251. The van der Waals surface area contributed by atoms with Crippen LogP contribution in [-0.2, 0) is 6.54 Å². The first kappa shape index (κ1) is 17.9. The number of carbonyl (C=O) groups is 1. The zero-order valence-corrected chi connectivity index (χ0v) is 17.4. The molecular formula is C19H17BrN4O2S. The Kier molecular flexibility index (Phi) is 4.61. The summed E-state index contributed by atoms with van der Waals surface area (Å²) in [5.74, 6) is 0.603. The van der Waals surface area contributed by atoms with E-state index in [9.17, 15) is 4.79 Å². The van der Waals surface area contributed by atoms with Gasteiger partial charge in [-0.05, 0) is 66.5 Å². The van der Waals surface area contributed by atoms with Gasteiger partial charge in [0, 0.05) is 0 Å². The van der Waals surface area contributed by atoms with Gasteiger partial charge in [0.05, 0.1) is 32.6 Å². The molecule has 8 heteroatoms. The number of aryl methyl sites for hydroxylation is 2. The molecule has 3 aromatic heterocycles. The summed E-state index contributed by atoms with van der Waals surface area (Å²) < 4.78 is 9.58. The van der Waals surface area contributed by atoms with Gasteiger partial charge in [-0.1, -0.05) is 17.4 Å². The second-order valence-corrected chi connectivity index (χ2v) is 8.18. The van der Waals surface area contributed by atoms with Crippen LogP contribution in [0, 0.1) is 20.8 Å². The van der Waals surface area contributed by atoms with Crippen LogP contribution < -0.4 is 5.32 Å². The lowest BCUT2D eigenvalue weighted by molar-refractivity contribution is 0.0994. The number of furan rings is 1. The van der Waals surface area contributed by atoms with Crippen molar-refractivity contribution in [2.45, 2.75) is 27.3 Å². The van der Waals surface area contributed by atoms with Gasteiger partial charge in [0.15, 0.2) is 10.9 Å². The van der Waals surface area contributed by atoms with E-state index in [1.54, 1.807) is 12.1 Å². The molecule has 1 aromatic carbocycles. The van der Waals surface area contributed by atoms with Crippen LogP contribution in [0.15, 0.2) is 39.2 Å². The third-order valence-corrected chi connectivity index (χ3v) is 6.33. The molecule has 0 saturated heterocycles. The third kappa shape index (κ3) is 3.54. The van der Waals surface area contributed by atoms with E-state index in [4.69, 9.17) is 4.42 Å². The Hall–Kier alpha value is -2.45. The van der Waals surface area contributed by atoms with E-state index in [1.807, 2.05) is 37.6 Å². The Morgan fingerprint density at radius 1 is 1.26 bits per heavy atom. The van der Waals surface area contributed by atoms with Gasteiger partial charge in [-0.2, -0.15) is 5.10 Å². The summed E-state index contributed by atoms with van der Waals surface area (Å²) in [6.07, 6.45) is 0. The van der Waals surface area contributed by atoms with Crippen LogP contribution >= 0.6 is 27.3 Å². The first-order valence-electron chi connectivity index (χ1n) is 8.37. The van der Waals surface area contributed by atoms with Crippen molar-refractivity contribution < 1.29 is 9.21 Å². The topological polar surface area (TPSA) is 73.0 Å². The van der Waals surface area contributed by atoms with E-state index < -0.39 is 0 Å². The number of amides is 1. The first-order chi connectivity index (χ1) is 12.9. The van der Waals surface area contributed by atoms with Gasteiger partial charge in [-0.3, -0.25) is 14.8 Å². The van der Waals surface area contributed by atoms with Crippen molar-refractivity contribution in [2.24, 2.45) is 0 Å². The molecule has 6 nitrogen and oxygen atoms in total. The number of fused-ring (bicyclic) bond motifs is 1. The molecule has 0 aliphatic heterocycles. The van der Waals surface area contributed by atoms with Gasteiger partial charge >= 0.3 is 0 Å². The Bertz CT molecular complexity index is 1160. The second-order valence-electron chi connectivity index (χ2n) is 6.35. The number of benzene rings is 1. The normalized spacial score (nSPS) is 11.3. The van der Waals surface area contributed by atoms with Crippen molar-refractivity contribution in [2.75, 3.05) is 5.32 Å². The molecule has 0 radical (unpaired) electrons. The number of hydrogen-bond donors (Lipinski definition) is 1. The quantitative estimate of drug-likeness (QED) is 0.476. The molecule has 3 heterocycles. The average Bonchev–Trinajstić information content (AvgIpc) is 3.30. The fourth-order valence-electron chi connectivity index (χ4n) is 2.81. The van der Waals surface area contributed by atoms with Gasteiger partial charge in [0.25, 0.3) is 5.91 Å². The van der Waals surface area contributed by atoms with E-state index in [1.165, 1.54) is 11.3 Å². The van der Waals surface area contributed by atoms with Gasteiger partial charge in [0.1, 0.15) is 5.76 Å². The van der Waals surface area contributed by atoms with E-state index in [0.29, 0.717) is 17.4 Å². The number of nitrogens with zero attached hydrogens (tertiary/aromatic N) is 3. The van der Waals surface area contributed by atoms with E-state index in [-0.39, 0.29) is 11.7 Å². The highest BCUT2D eigenvalue weighted by Gasteiger charge is 2.16. The second kappa shape index (κ2) is 6.94. The molecule has 0 bridgehead atoms. The van der Waals surface area contributed by atoms with Crippen molar-refractivity contribution in [3.05, 3.63) is 63.3 Å². The molecule has 0 saturated carbocycles. The molecule has 0 aliphatic rings. The van der Waals surface area contributed by atoms with E-state index in [2.05, 4.69) is 37.4 Å². The molecule has 4 rings (SSSR count). The van der Waals surface area contributed by atoms with Crippen LogP contribution in [0.2, 0.25) is 0 Å². The Morgan fingerprint density at radius 2 is 2.07 bits per heavy atom. The third-order valence-electron chi connectivity index (χ3n) is 4.25. The fraction of sp³-hybridized carbons (Fsp3) is 0.211. The Morgan fingerprint density at radius 3 is 2.81 bits per heavy atom. The SMILES string of the molecule is Cc1ccc2nc(NC(=O)c3ccc(Cn4nc(C)c(Br)c4C)o3)sc2c1. The van der Waals surface area contributed by atoms with Crippen LogP contribution in [0.25, 0.3) is 10.2 Å². The molecule has 138 valence electrons. The lowest BCUT2D eigenvalue weighted by Crippen LogP contribution is -2.10. The predicted octanol–water partition coefficient (Wildman–Crippen LogP) is 5.07. The molecule has 27 heavy (non-hydrogen) atoms. The summed E-state index contributed by atoms with van der Waals surface area (Å²) in [4.78, 5) is 16.9. The number of thiazole rings is 1. The number of rotatable bonds is 4. The predicted molar refractivity (Wildman–Crippen MR) is 110 cm³/mol. The maximum Gasteiger partial charge on any atom is 0.293 e. The molecule has 0 atom stereocenters. The van der Waals surface area contributed by atoms with Crippen LogP contribution in [-0.4, -0.2) is 20.7 Å². The summed E-state index contributed by atoms with van der Waals surface area (Å²) in [6.45, 7) is 6.42. The van der Waals surface area contributed by atoms with E-state index >= 15 is 0 Å². The van der Waals surface area contributed by atoms with Crippen LogP contribution in [0.4, 0.5) is 5.13 Å². The van der Waals surface area contributed by atoms with Crippen LogP contribution in [0.5, 0.6) is 0 Å². The number of carbonyl (C=O) groups excluding carboxylic acids is 1. The number of anilines is 1. The minimum Gasteiger partial charge on any atom is -0.454 e.